The maximum Gasteiger partial charge on any atom is 0.416 e. The Morgan fingerprint density at radius 1 is 1.12 bits per heavy atom. The van der Waals surface area contributed by atoms with Gasteiger partial charge in [0.15, 0.2) is 5.13 Å². The predicted molar refractivity (Wildman–Crippen MR) is 149 cm³/mol. The first kappa shape index (κ1) is 28.1. The zero-order valence-electron chi connectivity index (χ0n) is 21.7. The molecule has 40 heavy (non-hydrogen) atoms. The molecule has 0 bridgehead atoms. The maximum atomic E-state index is 14.0. The van der Waals surface area contributed by atoms with Crippen molar-refractivity contribution in [1.82, 2.24) is 14.8 Å². The fourth-order valence-electron chi connectivity index (χ4n) is 4.62. The van der Waals surface area contributed by atoms with Crippen molar-refractivity contribution in [3.8, 4) is 5.88 Å². The van der Waals surface area contributed by atoms with E-state index in [1.165, 1.54) is 23.5 Å². The molecule has 210 valence electrons. The van der Waals surface area contributed by atoms with E-state index in [-0.39, 0.29) is 28.8 Å². The highest BCUT2D eigenvalue weighted by molar-refractivity contribution is 7.17. The van der Waals surface area contributed by atoms with Gasteiger partial charge in [0.05, 0.1) is 28.6 Å². The van der Waals surface area contributed by atoms with Crippen molar-refractivity contribution in [3.63, 3.8) is 0 Å². The van der Waals surface area contributed by atoms with Crippen molar-refractivity contribution in [2.75, 3.05) is 51.7 Å². The fraction of sp³-hybridized carbons (Fsp3) is 0.333. The number of carbonyl (C=O) groups excluding carboxylic acids is 1. The third-order valence-corrected chi connectivity index (χ3v) is 8.26. The average Bonchev–Trinajstić information content (AvgIpc) is 3.54. The van der Waals surface area contributed by atoms with Crippen LogP contribution >= 0.6 is 22.9 Å². The standard InChI is InChI=1S/C27H26ClF3N6O2S/c1-35(2)23(38)15-36-7-9-37(10-8-36)26-33-25(39)24(40-26)20(16-4-6-22-18(11-16)14-32-34-22)12-17-3-5-19(28)13-21(17)27(29,30)31/h3-6,11,13-14,39H,7-10,12,15H2,1-2H3. The number of amides is 1. The molecule has 0 radical (unpaired) electrons. The second-order valence-corrected chi connectivity index (χ2v) is 11.2. The van der Waals surface area contributed by atoms with E-state index in [4.69, 9.17) is 11.6 Å². The molecule has 8 nitrogen and oxygen atoms in total. The monoisotopic (exact) mass is 590 g/mol. The van der Waals surface area contributed by atoms with Crippen molar-refractivity contribution < 1.29 is 23.1 Å². The lowest BCUT2D eigenvalue weighted by atomic mass is 9.96. The number of carbonyl (C=O) groups is 1. The van der Waals surface area contributed by atoms with E-state index in [9.17, 15) is 23.1 Å². The maximum absolute atomic E-state index is 14.0. The Bertz CT molecular complexity index is 1600. The molecule has 3 heterocycles. The SMILES string of the molecule is CN(C)C(=O)CN1CCN(c2nc(O)c(C(Cc3ccc(Cl)cc3C(F)(F)F)=c3ccc4c(c3)C=NN=4)s2)CC1. The van der Waals surface area contributed by atoms with E-state index < -0.39 is 11.7 Å². The summed E-state index contributed by atoms with van der Waals surface area (Å²) in [4.78, 5) is 22.5. The molecule has 0 atom stereocenters. The molecule has 0 aliphatic carbocycles. The number of hydrogen-bond acceptors (Lipinski definition) is 8. The third kappa shape index (κ3) is 5.98. The number of aromatic nitrogens is 1. The van der Waals surface area contributed by atoms with Gasteiger partial charge in [0.1, 0.15) is 0 Å². The van der Waals surface area contributed by atoms with E-state index in [1.54, 1.807) is 43.4 Å². The summed E-state index contributed by atoms with van der Waals surface area (Å²) < 4.78 is 41.9. The van der Waals surface area contributed by atoms with Crippen LogP contribution in [0.25, 0.3) is 5.57 Å². The Morgan fingerprint density at radius 3 is 2.58 bits per heavy atom. The van der Waals surface area contributed by atoms with Gasteiger partial charge in [-0.25, -0.2) is 0 Å². The van der Waals surface area contributed by atoms with Crippen LogP contribution in [0.4, 0.5) is 18.3 Å². The molecule has 13 heteroatoms. The first-order valence-electron chi connectivity index (χ1n) is 12.5. The van der Waals surface area contributed by atoms with E-state index in [2.05, 4.69) is 20.1 Å². The number of hydrogen-bond donors (Lipinski definition) is 1. The lowest BCUT2D eigenvalue weighted by Crippen LogP contribution is -2.49. The summed E-state index contributed by atoms with van der Waals surface area (Å²) in [7, 11) is 3.44. The summed E-state index contributed by atoms with van der Waals surface area (Å²) >= 11 is 7.14. The van der Waals surface area contributed by atoms with Gasteiger partial charge in [-0.15, -0.1) is 0 Å². The van der Waals surface area contributed by atoms with Gasteiger partial charge in [0.2, 0.25) is 11.8 Å². The smallest absolute Gasteiger partial charge is 0.416 e. The number of aromatic hydroxyl groups is 1. The van der Waals surface area contributed by atoms with Crippen LogP contribution in [0.2, 0.25) is 5.02 Å². The largest absolute Gasteiger partial charge is 0.492 e. The summed E-state index contributed by atoms with van der Waals surface area (Å²) in [5, 5.41) is 20.8. The number of benzene rings is 2. The summed E-state index contributed by atoms with van der Waals surface area (Å²) in [6.45, 7) is 2.78. The molecular weight excluding hydrogens is 565 g/mol. The first-order valence-corrected chi connectivity index (χ1v) is 13.7. The Kier molecular flexibility index (Phi) is 7.85. The highest BCUT2D eigenvalue weighted by Crippen LogP contribution is 2.39. The molecule has 1 fully saturated rings. The Labute approximate surface area is 237 Å². The molecule has 2 aliphatic rings. The van der Waals surface area contributed by atoms with E-state index in [1.807, 2.05) is 4.90 Å². The Morgan fingerprint density at radius 2 is 1.88 bits per heavy atom. The number of anilines is 1. The second kappa shape index (κ2) is 11.2. The summed E-state index contributed by atoms with van der Waals surface area (Å²) in [5.41, 5.74) is 0.421. The number of piperazine rings is 1. The quantitative estimate of drug-likeness (QED) is 0.477. The van der Waals surface area contributed by atoms with E-state index in [0.29, 0.717) is 58.9 Å². The van der Waals surface area contributed by atoms with Gasteiger partial charge >= 0.3 is 6.18 Å². The van der Waals surface area contributed by atoms with Crippen molar-refractivity contribution in [2.45, 2.75) is 12.6 Å². The van der Waals surface area contributed by atoms with Gasteiger partial charge in [0.25, 0.3) is 0 Å². The van der Waals surface area contributed by atoms with Gasteiger partial charge in [-0.2, -0.15) is 28.4 Å². The number of alkyl halides is 3. The minimum absolute atomic E-state index is 0.0117. The normalized spacial score (nSPS) is 16.1. The number of thiazole rings is 1. The number of likely N-dealkylation sites (N-methyl/N-ethyl adjacent to an activating group) is 1. The van der Waals surface area contributed by atoms with Crippen LogP contribution in [0.1, 0.15) is 21.6 Å². The Balaban J connectivity index is 1.51. The van der Waals surface area contributed by atoms with Gasteiger partial charge in [-0.05, 0) is 40.6 Å². The molecular formula is C27H26ClF3N6O2S. The van der Waals surface area contributed by atoms with E-state index in [0.717, 1.165) is 11.6 Å². The van der Waals surface area contributed by atoms with Gasteiger partial charge < -0.3 is 14.9 Å². The number of rotatable bonds is 6. The van der Waals surface area contributed by atoms with Crippen LogP contribution < -0.4 is 15.5 Å². The van der Waals surface area contributed by atoms with Gasteiger partial charge in [-0.1, -0.05) is 35.1 Å². The zero-order chi connectivity index (χ0) is 28.6. The Hall–Kier alpha value is -3.48. The molecule has 5 rings (SSSR count). The molecule has 2 aliphatic heterocycles. The fourth-order valence-corrected chi connectivity index (χ4v) is 5.87. The lowest BCUT2D eigenvalue weighted by Gasteiger charge is -2.34. The highest BCUT2D eigenvalue weighted by atomic mass is 35.5. The summed E-state index contributed by atoms with van der Waals surface area (Å²) in [6.07, 6.45) is -3.14. The van der Waals surface area contributed by atoms with Gasteiger partial charge in [0, 0.05) is 57.3 Å². The number of nitrogens with zero attached hydrogens (tertiary/aromatic N) is 6. The number of halogens is 4. The predicted octanol–water partition coefficient (Wildman–Crippen LogP) is 3.14. The molecule has 0 spiro atoms. The molecule has 1 N–H and O–H groups in total. The highest BCUT2D eigenvalue weighted by Gasteiger charge is 2.34. The molecule has 0 saturated carbocycles. The zero-order valence-corrected chi connectivity index (χ0v) is 23.3. The minimum atomic E-state index is -4.61. The molecule has 3 aromatic rings. The van der Waals surface area contributed by atoms with Crippen LogP contribution in [-0.2, 0) is 17.4 Å². The van der Waals surface area contributed by atoms with Crippen molar-refractivity contribution in [1.29, 1.82) is 0 Å². The third-order valence-electron chi connectivity index (χ3n) is 6.86. The van der Waals surface area contributed by atoms with Crippen LogP contribution in [-0.4, -0.2) is 78.8 Å². The summed E-state index contributed by atoms with van der Waals surface area (Å²) in [5.74, 6) is -0.226. The molecule has 1 saturated heterocycles. The van der Waals surface area contributed by atoms with Crippen LogP contribution in [0.15, 0.2) is 46.6 Å². The van der Waals surface area contributed by atoms with Crippen LogP contribution in [0, 0.1) is 0 Å². The molecule has 2 aromatic carbocycles. The topological polar surface area (TPSA) is 84.6 Å². The molecule has 1 amide bonds. The van der Waals surface area contributed by atoms with Gasteiger partial charge in [-0.3, -0.25) is 9.69 Å². The average molecular weight is 591 g/mol. The molecule has 1 aromatic heterocycles. The second-order valence-electron chi connectivity index (χ2n) is 9.77. The van der Waals surface area contributed by atoms with Crippen molar-refractivity contribution in [2.24, 2.45) is 10.2 Å². The van der Waals surface area contributed by atoms with Crippen LogP contribution in [0.5, 0.6) is 5.88 Å². The summed E-state index contributed by atoms with van der Waals surface area (Å²) in [6, 6.07) is 9.01. The van der Waals surface area contributed by atoms with Crippen LogP contribution in [0.3, 0.4) is 0 Å². The minimum Gasteiger partial charge on any atom is -0.492 e. The van der Waals surface area contributed by atoms with Crippen molar-refractivity contribution in [3.05, 3.63) is 73.6 Å². The first-order chi connectivity index (χ1) is 19.0. The van der Waals surface area contributed by atoms with Crippen molar-refractivity contribution >= 4 is 45.8 Å². The lowest BCUT2D eigenvalue weighted by molar-refractivity contribution is -0.138. The number of fused-ring (bicyclic) bond motifs is 1. The van der Waals surface area contributed by atoms with E-state index >= 15 is 0 Å². The molecule has 0 unspecified atom stereocenters.